The van der Waals surface area contributed by atoms with Gasteiger partial charge in [0.15, 0.2) is 0 Å². The summed E-state index contributed by atoms with van der Waals surface area (Å²) < 4.78 is 79.0. The van der Waals surface area contributed by atoms with E-state index in [0.717, 1.165) is 24.3 Å². The minimum Gasteiger partial charge on any atom is -0.351 e. The number of alkyl halides is 6. The molecule has 12 atom stereocenters. The lowest BCUT2D eigenvalue weighted by Crippen LogP contribution is -2.62. The van der Waals surface area contributed by atoms with Gasteiger partial charge in [-0.25, -0.2) is 9.59 Å². The van der Waals surface area contributed by atoms with E-state index >= 15 is 0 Å². The fraction of sp³-hybridized carbons (Fsp3) is 0.536. The van der Waals surface area contributed by atoms with Gasteiger partial charge in [-0.15, -0.1) is 0 Å². The molecule has 442 valence electrons. The molecule has 6 aliphatic rings. The molecule has 3 aromatic rings. The summed E-state index contributed by atoms with van der Waals surface area (Å²) in [5, 5.41) is 22.8. The molecule has 10 amide bonds. The number of fused-ring (bicyclic) bond motifs is 2. The van der Waals surface area contributed by atoms with Crippen LogP contribution in [0.2, 0.25) is 0 Å². The molecule has 0 radical (unpaired) electrons. The Labute approximate surface area is 469 Å². The average Bonchev–Trinajstić information content (AvgIpc) is 4.38. The maximum atomic E-state index is 14.5. The number of hydrogen-bond donors (Lipinski definition) is 8. The number of hydrogen-bond acceptors (Lipinski definition) is 10. The largest absolute Gasteiger partial charge is 0.416 e. The highest BCUT2D eigenvalue weighted by molar-refractivity contribution is 5.97. The Bertz CT molecular complexity index is 2710. The highest BCUT2D eigenvalue weighted by Crippen LogP contribution is 2.44. The highest BCUT2D eigenvalue weighted by Gasteiger charge is 2.50. The van der Waals surface area contributed by atoms with E-state index in [2.05, 4.69) is 42.5 Å². The van der Waals surface area contributed by atoms with Crippen molar-refractivity contribution >= 4 is 58.9 Å². The van der Waals surface area contributed by atoms with Crippen molar-refractivity contribution in [1.29, 1.82) is 0 Å². The monoisotopic (exact) mass is 1150 g/mol. The minimum absolute atomic E-state index is 0.144. The van der Waals surface area contributed by atoms with E-state index in [4.69, 9.17) is 0 Å². The first kappa shape index (κ1) is 59.2. The van der Waals surface area contributed by atoms with Crippen molar-refractivity contribution in [2.24, 2.45) is 0 Å². The van der Waals surface area contributed by atoms with E-state index < -0.39 is 119 Å². The number of nitrogens with one attached hydrogen (secondary N) is 8. The van der Waals surface area contributed by atoms with Gasteiger partial charge < -0.3 is 62.1 Å². The Morgan fingerprint density at radius 1 is 0.500 bits per heavy atom. The maximum Gasteiger partial charge on any atom is 0.416 e. The summed E-state index contributed by atoms with van der Waals surface area (Å²) in [6.45, 7) is 3.00. The first-order valence-corrected chi connectivity index (χ1v) is 27.7. The summed E-state index contributed by atoms with van der Waals surface area (Å²) in [6.07, 6.45) is -5.80. The van der Waals surface area contributed by atoms with Crippen molar-refractivity contribution < 1.29 is 64.7 Å². The van der Waals surface area contributed by atoms with E-state index in [1.807, 2.05) is 0 Å². The second-order valence-electron chi connectivity index (χ2n) is 22.2. The van der Waals surface area contributed by atoms with Crippen LogP contribution in [0.15, 0.2) is 72.8 Å². The molecule has 2 aliphatic carbocycles. The van der Waals surface area contributed by atoms with Crippen LogP contribution in [0.5, 0.6) is 0 Å². The van der Waals surface area contributed by atoms with Crippen molar-refractivity contribution in [3.8, 4) is 0 Å². The summed E-state index contributed by atoms with van der Waals surface area (Å²) >= 11 is 0. The molecule has 82 heavy (non-hydrogen) atoms. The fourth-order valence-corrected chi connectivity index (χ4v) is 11.6. The summed E-state index contributed by atoms with van der Waals surface area (Å²) in [5.74, 6) is -3.31. The van der Waals surface area contributed by atoms with Gasteiger partial charge in [-0.3, -0.25) is 28.8 Å². The van der Waals surface area contributed by atoms with Gasteiger partial charge in [-0.1, -0.05) is 24.3 Å². The molecule has 0 bridgehead atoms. The van der Waals surface area contributed by atoms with E-state index in [1.165, 1.54) is 43.9 Å². The van der Waals surface area contributed by atoms with Crippen LogP contribution in [0.25, 0.3) is 0 Å². The lowest BCUT2D eigenvalue weighted by Gasteiger charge is -2.39. The Morgan fingerprint density at radius 2 is 0.854 bits per heavy atom. The second kappa shape index (κ2) is 24.2. The van der Waals surface area contributed by atoms with E-state index in [1.54, 1.807) is 52.2 Å². The predicted octanol–water partition coefficient (Wildman–Crippen LogP) is 4.45. The van der Waals surface area contributed by atoms with Gasteiger partial charge in [0.1, 0.15) is 24.2 Å². The van der Waals surface area contributed by atoms with Crippen molar-refractivity contribution in [3.63, 3.8) is 0 Å². The molecule has 3 aromatic carbocycles. The molecule has 4 saturated heterocycles. The average molecular weight is 1150 g/mol. The van der Waals surface area contributed by atoms with E-state index in [9.17, 15) is 64.7 Å². The van der Waals surface area contributed by atoms with Crippen LogP contribution < -0.4 is 42.5 Å². The number of anilines is 2. The smallest absolute Gasteiger partial charge is 0.351 e. The highest BCUT2D eigenvalue weighted by atomic mass is 19.4. The molecule has 9 rings (SSSR count). The van der Waals surface area contributed by atoms with Crippen LogP contribution >= 0.6 is 0 Å². The van der Waals surface area contributed by atoms with Crippen LogP contribution in [0, 0.1) is 0 Å². The predicted molar refractivity (Wildman–Crippen MR) is 287 cm³/mol. The zero-order valence-electron chi connectivity index (χ0n) is 45.7. The topological polar surface area (TPSA) is 246 Å². The summed E-state index contributed by atoms with van der Waals surface area (Å²) in [4.78, 5) is 117. The summed E-state index contributed by atoms with van der Waals surface area (Å²) in [7, 11) is 3.15. The van der Waals surface area contributed by atoms with Crippen molar-refractivity contribution in [2.45, 2.75) is 150 Å². The lowest BCUT2D eigenvalue weighted by atomic mass is 10.1. The van der Waals surface area contributed by atoms with Gasteiger partial charge in [0.2, 0.25) is 35.4 Å². The number of carbonyl (C=O) groups excluding carboxylic acids is 8. The Kier molecular flexibility index (Phi) is 17.4. The standard InChI is InChI=1S/C56H68F6N12O8/c1-29(63-3)47(75)69-43-27-71(23-21-37-17-19-45(73(37)51(43)79)49(77)67-41-25-39(41)31-5-9-33(10-6-31)55(57,58)59)53(81)65-35-13-15-36(16-14-35)66-54(82)72-24-22-38-18-20-46(74(38)52(80)44(28-72)70-48(76)30(2)64-4)50(78)68-42-26-40(42)32-7-11-34(12-8-32)56(60,61)62/h5-16,29-30,37-46,63-64H,17-28H2,1-4H3,(H,65,81)(H,66,82)(H,67,77)(H,68,78)(H,69,75)(H,70,76)/t29-,30-,37+,38+,39+,40+,41-,42-,43-,44-,45-,46-/m0/s1. The Balaban J connectivity index is 0.812. The number of benzene rings is 3. The quantitative estimate of drug-likeness (QED) is 0.106. The number of carbonyl (C=O) groups is 8. The van der Waals surface area contributed by atoms with Crippen molar-refractivity contribution in [1.82, 2.24) is 51.5 Å². The van der Waals surface area contributed by atoms with Crippen molar-refractivity contribution in [3.05, 3.63) is 95.1 Å². The van der Waals surface area contributed by atoms with Crippen LogP contribution in [0.4, 0.5) is 47.3 Å². The molecule has 0 unspecified atom stereocenters. The Morgan fingerprint density at radius 3 is 1.18 bits per heavy atom. The third kappa shape index (κ3) is 13.4. The van der Waals surface area contributed by atoms with Crippen LogP contribution in [-0.4, -0.2) is 168 Å². The number of halogens is 6. The molecule has 2 saturated carbocycles. The first-order valence-electron chi connectivity index (χ1n) is 27.7. The first-order chi connectivity index (χ1) is 38.9. The molecule has 0 spiro atoms. The normalized spacial score (nSPS) is 27.0. The molecule has 6 fully saturated rings. The van der Waals surface area contributed by atoms with Gasteiger partial charge in [-0.2, -0.15) is 26.3 Å². The third-order valence-electron chi connectivity index (χ3n) is 16.8. The van der Waals surface area contributed by atoms with E-state index in [0.29, 0.717) is 73.9 Å². The third-order valence-corrected chi connectivity index (χ3v) is 16.8. The van der Waals surface area contributed by atoms with E-state index in [-0.39, 0.29) is 50.1 Å². The fourth-order valence-electron chi connectivity index (χ4n) is 11.6. The zero-order chi connectivity index (χ0) is 58.9. The van der Waals surface area contributed by atoms with Gasteiger partial charge in [0, 0.05) is 60.5 Å². The molecule has 26 heteroatoms. The number of nitrogens with zero attached hydrogens (tertiary/aromatic N) is 4. The molecular formula is C56H68F6N12O8. The molecular weight excluding hydrogens is 1080 g/mol. The number of amides is 10. The molecule has 4 heterocycles. The number of rotatable bonds is 14. The maximum absolute atomic E-state index is 14.5. The summed E-state index contributed by atoms with van der Waals surface area (Å²) in [6, 6.07) is 7.40. The summed E-state index contributed by atoms with van der Waals surface area (Å²) in [5.41, 5.74) is 0.416. The number of urea groups is 2. The van der Waals surface area contributed by atoms with Gasteiger partial charge in [-0.05, 0) is 139 Å². The zero-order valence-corrected chi connectivity index (χ0v) is 45.7. The molecule has 4 aliphatic heterocycles. The lowest BCUT2D eigenvalue weighted by molar-refractivity contribution is -0.144. The molecule has 8 N–H and O–H groups in total. The minimum atomic E-state index is -4.48. The van der Waals surface area contributed by atoms with Gasteiger partial charge >= 0.3 is 24.4 Å². The van der Waals surface area contributed by atoms with Crippen molar-refractivity contribution in [2.75, 3.05) is 50.9 Å². The van der Waals surface area contributed by atoms with Crippen LogP contribution in [0.3, 0.4) is 0 Å². The molecule has 20 nitrogen and oxygen atoms in total. The SMILES string of the molecule is CN[C@@H](C)C(=O)N[C@H]1CN(C(=O)Nc2ccc(NC(=O)N3CC[C@H]4CC[C@@H](C(=O)N[C@H]5C[C@@H]5c5ccc(C(F)(F)F)cc5)N4C(=O)[C@@H](NC(=O)[C@H](C)NC)C3)cc2)CC[C@H]2CC[C@@H](C(=O)N[C@H]3C[C@@H]3c3ccc(C(F)(F)F)cc3)N2C1=O. The second-order valence-corrected chi connectivity index (χ2v) is 22.2. The van der Waals surface area contributed by atoms with Gasteiger partial charge in [0.05, 0.1) is 36.3 Å². The Hall–Kier alpha value is -7.48. The van der Waals surface area contributed by atoms with Crippen LogP contribution in [0.1, 0.15) is 99.3 Å². The van der Waals surface area contributed by atoms with Gasteiger partial charge in [0.25, 0.3) is 0 Å². The number of likely N-dealkylation sites (N-methyl/N-ethyl adjacent to an activating group) is 2. The molecule has 0 aromatic heterocycles. The van der Waals surface area contributed by atoms with Crippen LogP contribution in [-0.2, 0) is 41.1 Å².